The minimum absolute atomic E-state index is 0.816. The lowest BCUT2D eigenvalue weighted by Gasteiger charge is -2.39. The number of thiocarbonyl (C=S) groups is 1. The molecule has 0 aromatic heterocycles. The van der Waals surface area contributed by atoms with E-state index in [2.05, 4.69) is 11.8 Å². The van der Waals surface area contributed by atoms with E-state index in [9.17, 15) is 0 Å². The van der Waals surface area contributed by atoms with Crippen LogP contribution in [-0.4, -0.2) is 22.5 Å². The molecule has 0 N–H and O–H groups in total. The lowest BCUT2D eigenvalue weighted by atomic mass is 9.92. The molecule has 2 atom stereocenters. The van der Waals surface area contributed by atoms with Gasteiger partial charge in [-0.05, 0) is 38.5 Å². The van der Waals surface area contributed by atoms with E-state index in [-0.39, 0.29) is 0 Å². The van der Waals surface area contributed by atoms with Crippen LogP contribution in [0.1, 0.15) is 39.0 Å². The van der Waals surface area contributed by atoms with Crippen LogP contribution in [0.4, 0.5) is 0 Å². The maximum Gasteiger partial charge on any atom is 0.0781 e. The second-order valence-corrected chi connectivity index (χ2v) is 4.45. The van der Waals surface area contributed by atoms with Crippen LogP contribution >= 0.6 is 12.2 Å². The van der Waals surface area contributed by atoms with E-state index in [0.717, 1.165) is 18.5 Å². The van der Waals surface area contributed by atoms with Gasteiger partial charge < -0.3 is 4.90 Å². The summed E-state index contributed by atoms with van der Waals surface area (Å²) in [5.74, 6) is 0.969. The summed E-state index contributed by atoms with van der Waals surface area (Å²) < 4.78 is 0. The highest BCUT2D eigenvalue weighted by atomic mass is 32.1. The van der Waals surface area contributed by atoms with Crippen LogP contribution in [-0.2, 0) is 0 Å². The Bertz CT molecular complexity index is 190. The first-order chi connectivity index (χ1) is 5.83. The van der Waals surface area contributed by atoms with E-state index >= 15 is 0 Å². The van der Waals surface area contributed by atoms with Crippen LogP contribution in [0.5, 0.6) is 0 Å². The van der Waals surface area contributed by atoms with Gasteiger partial charge in [0.2, 0.25) is 0 Å². The summed E-state index contributed by atoms with van der Waals surface area (Å²) in [6.45, 7) is 3.35. The maximum atomic E-state index is 5.38. The summed E-state index contributed by atoms with van der Waals surface area (Å²) >= 11 is 5.38. The first-order valence-electron chi connectivity index (χ1n) is 5.12. The topological polar surface area (TPSA) is 3.24 Å². The van der Waals surface area contributed by atoms with Gasteiger partial charge >= 0.3 is 0 Å². The normalized spacial score (nSPS) is 35.4. The van der Waals surface area contributed by atoms with Crippen molar-refractivity contribution < 1.29 is 0 Å². The van der Waals surface area contributed by atoms with Gasteiger partial charge in [0, 0.05) is 12.6 Å². The van der Waals surface area contributed by atoms with E-state index in [1.165, 1.54) is 37.1 Å². The van der Waals surface area contributed by atoms with Gasteiger partial charge in [-0.1, -0.05) is 18.6 Å². The Morgan fingerprint density at radius 3 is 3.00 bits per heavy atom. The quantitative estimate of drug-likeness (QED) is 0.575. The molecule has 0 radical (unpaired) electrons. The Balaban J connectivity index is 2.11. The molecule has 0 aromatic carbocycles. The van der Waals surface area contributed by atoms with Crippen LogP contribution in [0.2, 0.25) is 0 Å². The SMILES string of the molecule is CCN1C(=S)CCC2CCCC21. The minimum Gasteiger partial charge on any atom is -0.363 e. The smallest absolute Gasteiger partial charge is 0.0781 e. The third kappa shape index (κ3) is 1.26. The van der Waals surface area contributed by atoms with Crippen LogP contribution in [0.25, 0.3) is 0 Å². The number of nitrogens with zero attached hydrogens (tertiary/aromatic N) is 1. The monoisotopic (exact) mass is 183 g/mol. The lowest BCUT2D eigenvalue weighted by molar-refractivity contribution is 0.229. The third-order valence-electron chi connectivity index (χ3n) is 3.41. The number of likely N-dealkylation sites (tertiary alicyclic amines) is 1. The zero-order valence-electron chi connectivity index (χ0n) is 7.75. The molecule has 2 rings (SSSR count). The van der Waals surface area contributed by atoms with Crippen molar-refractivity contribution in [3.8, 4) is 0 Å². The van der Waals surface area contributed by atoms with E-state index < -0.39 is 0 Å². The van der Waals surface area contributed by atoms with Crippen LogP contribution in [0, 0.1) is 5.92 Å². The largest absolute Gasteiger partial charge is 0.363 e. The van der Waals surface area contributed by atoms with Crippen molar-refractivity contribution >= 4 is 17.2 Å². The second kappa shape index (κ2) is 3.33. The highest BCUT2D eigenvalue weighted by Gasteiger charge is 2.35. The van der Waals surface area contributed by atoms with E-state index in [4.69, 9.17) is 12.2 Å². The maximum absolute atomic E-state index is 5.38. The van der Waals surface area contributed by atoms with Crippen molar-refractivity contribution in [2.75, 3.05) is 6.54 Å². The summed E-state index contributed by atoms with van der Waals surface area (Å²) in [5, 5.41) is 0. The van der Waals surface area contributed by atoms with Crippen molar-refractivity contribution in [1.29, 1.82) is 0 Å². The Morgan fingerprint density at radius 1 is 1.42 bits per heavy atom. The molecule has 2 unspecified atom stereocenters. The van der Waals surface area contributed by atoms with Gasteiger partial charge in [0.25, 0.3) is 0 Å². The summed E-state index contributed by atoms with van der Waals surface area (Å²) in [6, 6.07) is 0.816. The predicted molar refractivity (Wildman–Crippen MR) is 55.3 cm³/mol. The molecule has 1 saturated heterocycles. The van der Waals surface area contributed by atoms with Gasteiger partial charge in [-0.15, -0.1) is 0 Å². The molecular weight excluding hydrogens is 166 g/mol. The Morgan fingerprint density at radius 2 is 2.25 bits per heavy atom. The van der Waals surface area contributed by atoms with Crippen molar-refractivity contribution in [2.24, 2.45) is 5.92 Å². The standard InChI is InChI=1S/C10H17NS/c1-2-11-9-5-3-4-8(9)6-7-10(11)12/h8-9H,2-7H2,1H3. The molecule has 12 heavy (non-hydrogen) atoms. The van der Waals surface area contributed by atoms with Gasteiger partial charge in [0.1, 0.15) is 0 Å². The van der Waals surface area contributed by atoms with E-state index in [0.29, 0.717) is 0 Å². The zero-order chi connectivity index (χ0) is 8.55. The molecule has 2 fully saturated rings. The van der Waals surface area contributed by atoms with Gasteiger partial charge in [-0.25, -0.2) is 0 Å². The first kappa shape index (κ1) is 8.49. The van der Waals surface area contributed by atoms with Gasteiger partial charge in [-0.2, -0.15) is 0 Å². The molecule has 0 amide bonds. The molecular formula is C10H17NS. The van der Waals surface area contributed by atoms with Gasteiger partial charge in [0.15, 0.2) is 0 Å². The summed E-state index contributed by atoms with van der Waals surface area (Å²) in [4.78, 5) is 3.69. The fraction of sp³-hybridized carbons (Fsp3) is 0.900. The molecule has 1 nitrogen and oxygen atoms in total. The molecule has 1 saturated carbocycles. The predicted octanol–water partition coefficient (Wildman–Crippen LogP) is 2.60. The lowest BCUT2D eigenvalue weighted by Crippen LogP contribution is -2.45. The zero-order valence-corrected chi connectivity index (χ0v) is 8.57. The van der Waals surface area contributed by atoms with Crippen molar-refractivity contribution in [3.05, 3.63) is 0 Å². The minimum atomic E-state index is 0.816. The molecule has 68 valence electrons. The molecule has 0 bridgehead atoms. The Hall–Kier alpha value is -0.110. The van der Waals surface area contributed by atoms with E-state index in [1.807, 2.05) is 0 Å². The fourth-order valence-corrected chi connectivity index (χ4v) is 3.19. The average Bonchev–Trinajstić information content (AvgIpc) is 2.52. The van der Waals surface area contributed by atoms with Crippen molar-refractivity contribution in [3.63, 3.8) is 0 Å². The molecule has 0 spiro atoms. The summed E-state index contributed by atoms with van der Waals surface area (Å²) in [6.07, 6.45) is 6.79. The third-order valence-corrected chi connectivity index (χ3v) is 3.85. The molecule has 1 aliphatic heterocycles. The Labute approximate surface area is 80.1 Å². The van der Waals surface area contributed by atoms with Crippen LogP contribution in [0.3, 0.4) is 0 Å². The number of rotatable bonds is 1. The average molecular weight is 183 g/mol. The highest BCUT2D eigenvalue weighted by Crippen LogP contribution is 2.37. The van der Waals surface area contributed by atoms with Crippen molar-refractivity contribution in [2.45, 2.75) is 45.1 Å². The molecule has 1 heterocycles. The van der Waals surface area contributed by atoms with Crippen molar-refractivity contribution in [1.82, 2.24) is 4.90 Å². The van der Waals surface area contributed by atoms with Crippen LogP contribution in [0.15, 0.2) is 0 Å². The number of fused-ring (bicyclic) bond motifs is 1. The van der Waals surface area contributed by atoms with E-state index in [1.54, 1.807) is 0 Å². The van der Waals surface area contributed by atoms with Crippen LogP contribution < -0.4 is 0 Å². The molecule has 2 heteroatoms. The fourth-order valence-electron chi connectivity index (χ4n) is 2.81. The molecule has 0 aromatic rings. The molecule has 2 aliphatic rings. The first-order valence-corrected chi connectivity index (χ1v) is 5.53. The Kier molecular flexibility index (Phi) is 2.35. The highest BCUT2D eigenvalue weighted by molar-refractivity contribution is 7.80. The molecule has 1 aliphatic carbocycles. The second-order valence-electron chi connectivity index (χ2n) is 3.98. The summed E-state index contributed by atoms with van der Waals surface area (Å²) in [7, 11) is 0. The number of hydrogen-bond acceptors (Lipinski definition) is 1. The number of hydrogen-bond donors (Lipinski definition) is 0. The van der Waals surface area contributed by atoms with Gasteiger partial charge in [0.05, 0.1) is 4.99 Å². The van der Waals surface area contributed by atoms with Gasteiger partial charge in [-0.3, -0.25) is 0 Å². The summed E-state index contributed by atoms with van der Waals surface area (Å²) in [5.41, 5.74) is 0. The number of piperidine rings is 1.